The van der Waals surface area contributed by atoms with E-state index in [1.54, 1.807) is 24.3 Å². The lowest BCUT2D eigenvalue weighted by atomic mass is 10.1. The molecule has 2 aromatic carbocycles. The van der Waals surface area contributed by atoms with Gasteiger partial charge in [-0.15, -0.1) is 11.3 Å². The molecule has 0 spiro atoms. The molecule has 1 N–H and O–H groups in total. The lowest BCUT2D eigenvalue weighted by molar-refractivity contribution is -0.136. The molecule has 0 saturated carbocycles. The maximum atomic E-state index is 12.8. The smallest absolute Gasteiger partial charge is 0.323 e. The molecule has 1 amide bonds. The van der Waals surface area contributed by atoms with Crippen molar-refractivity contribution in [3.05, 3.63) is 58.1 Å². The van der Waals surface area contributed by atoms with Crippen LogP contribution < -0.4 is 4.90 Å². The van der Waals surface area contributed by atoms with Crippen LogP contribution in [0.5, 0.6) is 0 Å². The predicted octanol–water partition coefficient (Wildman–Crippen LogP) is 3.92. The number of rotatable bonds is 3. The Hall–Kier alpha value is -2.70. The molecule has 0 radical (unpaired) electrons. The van der Waals surface area contributed by atoms with Gasteiger partial charge in [0.1, 0.15) is 11.6 Å². The molecule has 5 nitrogen and oxygen atoms in total. The van der Waals surface area contributed by atoms with E-state index in [0.717, 1.165) is 10.2 Å². The Kier molecular flexibility index (Phi) is 3.78. The number of hydrogen-bond acceptors (Lipinski definition) is 4. The summed E-state index contributed by atoms with van der Waals surface area (Å²) in [5.74, 6) is -1.44. The maximum absolute atomic E-state index is 12.8. The first-order chi connectivity index (χ1) is 12.0. The highest BCUT2D eigenvalue weighted by atomic mass is 35.5. The van der Waals surface area contributed by atoms with Crippen LogP contribution in [-0.4, -0.2) is 28.5 Å². The van der Waals surface area contributed by atoms with Gasteiger partial charge in [0.2, 0.25) is 0 Å². The fraction of sp³-hybridized carbons (Fsp3) is 0.0556. The van der Waals surface area contributed by atoms with Gasteiger partial charge < -0.3 is 5.11 Å². The number of carbonyl (C=O) groups is 2. The highest BCUT2D eigenvalue weighted by Crippen LogP contribution is 2.39. The Balaban J connectivity index is 1.84. The van der Waals surface area contributed by atoms with Crippen molar-refractivity contribution in [2.45, 2.75) is 0 Å². The van der Waals surface area contributed by atoms with Gasteiger partial charge in [-0.3, -0.25) is 14.5 Å². The molecule has 4 rings (SSSR count). The van der Waals surface area contributed by atoms with E-state index in [4.69, 9.17) is 16.7 Å². The second-order valence-corrected chi connectivity index (χ2v) is 7.02. The first-order valence-corrected chi connectivity index (χ1v) is 8.63. The summed E-state index contributed by atoms with van der Waals surface area (Å²) in [5, 5.41) is 10.3. The number of anilines is 1. The number of aliphatic carboxylic acids is 1. The van der Waals surface area contributed by atoms with E-state index < -0.39 is 12.5 Å². The maximum Gasteiger partial charge on any atom is 0.323 e. The number of nitrogens with zero attached hydrogens (tertiary/aromatic N) is 2. The molecule has 25 heavy (non-hydrogen) atoms. The number of aromatic nitrogens is 1. The van der Waals surface area contributed by atoms with E-state index >= 15 is 0 Å². The first kappa shape index (κ1) is 15.8. The van der Waals surface area contributed by atoms with Crippen molar-refractivity contribution in [3.8, 4) is 0 Å². The number of carboxylic acids is 1. The van der Waals surface area contributed by atoms with Crippen LogP contribution in [0.4, 0.5) is 5.69 Å². The molecule has 0 bridgehead atoms. The highest BCUT2D eigenvalue weighted by Gasteiger charge is 2.34. The van der Waals surface area contributed by atoms with Gasteiger partial charge >= 0.3 is 5.97 Å². The Morgan fingerprint density at radius 1 is 1.28 bits per heavy atom. The summed E-state index contributed by atoms with van der Waals surface area (Å²) in [7, 11) is 0. The number of thiazole rings is 1. The number of carboxylic acid groups (broad SMARTS) is 1. The number of para-hydroxylation sites is 1. The zero-order chi connectivity index (χ0) is 17.6. The quantitative estimate of drug-likeness (QED) is 0.709. The number of hydrogen-bond donors (Lipinski definition) is 1. The third kappa shape index (κ3) is 2.79. The number of amides is 1. The van der Waals surface area contributed by atoms with Crippen molar-refractivity contribution in [2.75, 3.05) is 11.4 Å². The van der Waals surface area contributed by atoms with Gasteiger partial charge in [-0.2, -0.15) is 0 Å². The minimum atomic E-state index is -1.07. The van der Waals surface area contributed by atoms with Crippen molar-refractivity contribution >= 4 is 62.4 Å². The molecule has 124 valence electrons. The Morgan fingerprint density at radius 2 is 2.08 bits per heavy atom. The van der Waals surface area contributed by atoms with Crippen LogP contribution in [0.2, 0.25) is 5.02 Å². The van der Waals surface area contributed by atoms with Gasteiger partial charge in [0.25, 0.3) is 5.91 Å². The minimum absolute atomic E-state index is 0.362. The molecule has 1 aliphatic heterocycles. The van der Waals surface area contributed by atoms with Crippen LogP contribution in [-0.2, 0) is 9.59 Å². The van der Waals surface area contributed by atoms with E-state index in [1.807, 2.05) is 24.3 Å². The summed E-state index contributed by atoms with van der Waals surface area (Å²) in [6, 6.07) is 12.7. The van der Waals surface area contributed by atoms with Gasteiger partial charge in [0, 0.05) is 10.6 Å². The number of halogens is 1. The molecular weight excluding hydrogens is 360 g/mol. The summed E-state index contributed by atoms with van der Waals surface area (Å²) in [4.78, 5) is 29.6. The average molecular weight is 371 g/mol. The van der Waals surface area contributed by atoms with E-state index in [0.29, 0.717) is 26.9 Å². The fourth-order valence-corrected chi connectivity index (χ4v) is 3.92. The second kappa shape index (κ2) is 5.98. The summed E-state index contributed by atoms with van der Waals surface area (Å²) in [6.45, 7) is -0.398. The van der Waals surface area contributed by atoms with Gasteiger partial charge in [-0.05, 0) is 36.4 Å². The van der Waals surface area contributed by atoms with Crippen molar-refractivity contribution in [1.82, 2.24) is 4.98 Å². The zero-order valence-corrected chi connectivity index (χ0v) is 14.3. The SMILES string of the molecule is O=C(O)CN1C(=O)/C(=C\c2nc3ccccc3s2)c2cc(Cl)ccc21. The van der Waals surface area contributed by atoms with Gasteiger partial charge in [0.15, 0.2) is 0 Å². The summed E-state index contributed by atoms with van der Waals surface area (Å²) >= 11 is 7.54. The fourth-order valence-electron chi connectivity index (χ4n) is 2.84. The normalized spacial score (nSPS) is 15.2. The standard InChI is InChI=1S/C18H11ClN2O3S/c19-10-5-6-14-11(7-10)12(18(24)21(14)9-17(22)23)8-16-20-13-3-1-2-4-15(13)25-16/h1-8H,9H2,(H,22,23)/b12-8-. The number of benzene rings is 2. The summed E-state index contributed by atoms with van der Waals surface area (Å²) in [6.07, 6.45) is 1.70. The molecule has 0 aliphatic carbocycles. The van der Waals surface area contributed by atoms with Crippen molar-refractivity contribution in [3.63, 3.8) is 0 Å². The molecule has 1 aromatic heterocycles. The Labute approximate surface area is 151 Å². The van der Waals surface area contributed by atoms with Crippen LogP contribution in [0.1, 0.15) is 10.6 Å². The Bertz CT molecular complexity index is 1020. The molecule has 2 heterocycles. The number of carbonyl (C=O) groups excluding carboxylic acids is 1. The van der Waals surface area contributed by atoms with E-state index in [-0.39, 0.29) is 5.91 Å². The van der Waals surface area contributed by atoms with Crippen LogP contribution in [0.15, 0.2) is 42.5 Å². The molecule has 0 unspecified atom stereocenters. The largest absolute Gasteiger partial charge is 0.480 e. The van der Waals surface area contributed by atoms with Crippen LogP contribution in [0.25, 0.3) is 21.9 Å². The lowest BCUT2D eigenvalue weighted by Crippen LogP contribution is -2.32. The molecule has 0 fully saturated rings. The third-order valence-corrected chi connectivity index (χ3v) is 5.11. The molecule has 3 aromatic rings. The third-order valence-electron chi connectivity index (χ3n) is 3.89. The monoisotopic (exact) mass is 370 g/mol. The van der Waals surface area contributed by atoms with Crippen molar-refractivity contribution in [2.24, 2.45) is 0 Å². The van der Waals surface area contributed by atoms with Gasteiger partial charge in [-0.1, -0.05) is 23.7 Å². The first-order valence-electron chi connectivity index (χ1n) is 7.44. The molecule has 0 atom stereocenters. The summed E-state index contributed by atoms with van der Waals surface area (Å²) in [5.41, 5.74) is 2.43. The zero-order valence-electron chi connectivity index (χ0n) is 12.8. The topological polar surface area (TPSA) is 70.5 Å². The molecule has 1 aliphatic rings. The second-order valence-electron chi connectivity index (χ2n) is 5.52. The van der Waals surface area contributed by atoms with E-state index in [1.165, 1.54) is 16.2 Å². The molecule has 7 heteroatoms. The van der Waals surface area contributed by atoms with E-state index in [2.05, 4.69) is 4.98 Å². The highest BCUT2D eigenvalue weighted by molar-refractivity contribution is 7.19. The minimum Gasteiger partial charge on any atom is -0.480 e. The van der Waals surface area contributed by atoms with Crippen molar-refractivity contribution < 1.29 is 14.7 Å². The van der Waals surface area contributed by atoms with Gasteiger partial charge in [-0.25, -0.2) is 4.98 Å². The summed E-state index contributed by atoms with van der Waals surface area (Å²) < 4.78 is 1.02. The van der Waals surface area contributed by atoms with Crippen LogP contribution in [0, 0.1) is 0 Å². The number of fused-ring (bicyclic) bond motifs is 2. The lowest BCUT2D eigenvalue weighted by Gasteiger charge is -2.13. The molecular formula is C18H11ClN2O3S. The average Bonchev–Trinajstić information content (AvgIpc) is 3.09. The molecule has 0 saturated heterocycles. The van der Waals surface area contributed by atoms with Crippen LogP contribution in [0.3, 0.4) is 0 Å². The van der Waals surface area contributed by atoms with E-state index in [9.17, 15) is 9.59 Å². The van der Waals surface area contributed by atoms with Crippen molar-refractivity contribution in [1.29, 1.82) is 0 Å². The predicted molar refractivity (Wildman–Crippen MR) is 98.9 cm³/mol. The van der Waals surface area contributed by atoms with Crippen LogP contribution >= 0.6 is 22.9 Å². The Morgan fingerprint density at radius 3 is 2.84 bits per heavy atom. The van der Waals surface area contributed by atoms with Gasteiger partial charge in [0.05, 0.1) is 21.5 Å².